The van der Waals surface area contributed by atoms with Gasteiger partial charge in [-0.15, -0.1) is 0 Å². The maximum absolute atomic E-state index is 13.5. The summed E-state index contributed by atoms with van der Waals surface area (Å²) in [5, 5.41) is 4.21. The fourth-order valence-electron chi connectivity index (χ4n) is 4.24. The van der Waals surface area contributed by atoms with Crippen LogP contribution < -0.4 is 0 Å². The Morgan fingerprint density at radius 3 is 2.06 bits per heavy atom. The van der Waals surface area contributed by atoms with Crippen molar-refractivity contribution in [2.45, 2.75) is 6.04 Å². The highest BCUT2D eigenvalue weighted by molar-refractivity contribution is 5.99. The number of amides is 1. The molecule has 162 valence electrons. The number of carbonyl (C=O) groups excluding carboxylic acids is 1. The highest BCUT2D eigenvalue weighted by Gasteiger charge is 2.30. The number of hydrogen-bond acceptors (Lipinski definition) is 4. The first-order chi connectivity index (χ1) is 15.6. The molecular weight excluding hydrogens is 412 g/mol. The van der Waals surface area contributed by atoms with Gasteiger partial charge in [-0.05, 0) is 41.5 Å². The van der Waals surface area contributed by atoms with Crippen LogP contribution in [0.2, 0.25) is 0 Å². The molecule has 0 radical (unpaired) electrons. The number of nitrogens with zero attached hydrogens (tertiary/aromatic N) is 5. The van der Waals surface area contributed by atoms with E-state index in [1.807, 2.05) is 0 Å². The normalized spacial score (nSPS) is 14.9. The first-order valence-corrected chi connectivity index (χ1v) is 10.4. The summed E-state index contributed by atoms with van der Waals surface area (Å²) in [6.45, 7) is 2.30. The summed E-state index contributed by atoms with van der Waals surface area (Å²) in [5.41, 5.74) is 2.86. The molecule has 1 saturated heterocycles. The molecule has 2 aromatic heterocycles. The van der Waals surface area contributed by atoms with Gasteiger partial charge in [0, 0.05) is 38.6 Å². The average Bonchev–Trinajstić information content (AvgIpc) is 3.26. The van der Waals surface area contributed by atoms with E-state index < -0.39 is 0 Å². The van der Waals surface area contributed by atoms with Gasteiger partial charge in [-0.3, -0.25) is 9.69 Å². The molecule has 0 unspecified atom stereocenters. The van der Waals surface area contributed by atoms with Gasteiger partial charge in [0.05, 0.1) is 12.2 Å². The summed E-state index contributed by atoms with van der Waals surface area (Å²) < 4.78 is 28.6. The van der Waals surface area contributed by atoms with Crippen LogP contribution in [0.4, 0.5) is 8.78 Å². The zero-order valence-corrected chi connectivity index (χ0v) is 17.2. The molecular formula is C24H21F2N5O. The second-order valence-corrected chi connectivity index (χ2v) is 7.78. The number of hydrogen-bond donors (Lipinski definition) is 0. The molecule has 0 saturated carbocycles. The van der Waals surface area contributed by atoms with E-state index in [2.05, 4.69) is 15.0 Å². The van der Waals surface area contributed by atoms with Gasteiger partial charge in [-0.1, -0.05) is 24.3 Å². The van der Waals surface area contributed by atoms with Crippen molar-refractivity contribution in [2.24, 2.45) is 0 Å². The number of halogens is 2. The van der Waals surface area contributed by atoms with Crippen molar-refractivity contribution in [1.29, 1.82) is 0 Å². The van der Waals surface area contributed by atoms with Gasteiger partial charge in [0.25, 0.3) is 5.91 Å². The number of rotatable bonds is 4. The van der Waals surface area contributed by atoms with Gasteiger partial charge in [-0.25, -0.2) is 18.3 Å². The van der Waals surface area contributed by atoms with Crippen LogP contribution in [0, 0.1) is 11.6 Å². The number of fused-ring (bicyclic) bond motifs is 1. The third kappa shape index (κ3) is 3.85. The number of benzene rings is 2. The zero-order valence-electron chi connectivity index (χ0n) is 17.2. The molecule has 8 heteroatoms. The predicted molar refractivity (Wildman–Crippen MR) is 115 cm³/mol. The maximum Gasteiger partial charge on any atom is 0.259 e. The Morgan fingerprint density at radius 1 is 0.875 bits per heavy atom. The SMILES string of the molecule is O=C(c1cnn2cccnc12)N1CCN(C(c2ccc(F)cc2)c2ccc(F)cc2)CC1. The van der Waals surface area contributed by atoms with Crippen molar-refractivity contribution in [3.05, 3.63) is 102 Å². The van der Waals surface area contributed by atoms with Crippen LogP contribution >= 0.6 is 0 Å². The summed E-state index contributed by atoms with van der Waals surface area (Å²) in [5.74, 6) is -0.702. The van der Waals surface area contributed by atoms with Crippen molar-refractivity contribution in [2.75, 3.05) is 26.2 Å². The van der Waals surface area contributed by atoms with Gasteiger partial charge < -0.3 is 4.90 Å². The second kappa shape index (κ2) is 8.47. The van der Waals surface area contributed by atoms with Crippen LogP contribution in [0.3, 0.4) is 0 Å². The summed E-state index contributed by atoms with van der Waals surface area (Å²) in [7, 11) is 0. The highest BCUT2D eigenvalue weighted by atomic mass is 19.1. The van der Waals surface area contributed by atoms with Crippen molar-refractivity contribution < 1.29 is 13.6 Å². The Morgan fingerprint density at radius 2 is 1.47 bits per heavy atom. The second-order valence-electron chi connectivity index (χ2n) is 7.78. The fourth-order valence-corrected chi connectivity index (χ4v) is 4.24. The van der Waals surface area contributed by atoms with E-state index >= 15 is 0 Å². The first kappa shape index (κ1) is 20.3. The topological polar surface area (TPSA) is 53.7 Å². The molecule has 1 amide bonds. The fraction of sp³-hybridized carbons (Fsp3) is 0.208. The van der Waals surface area contributed by atoms with E-state index in [9.17, 15) is 13.6 Å². The Labute approximate surface area is 183 Å². The molecule has 1 aliphatic rings. The predicted octanol–water partition coefficient (Wildman–Crippen LogP) is 3.55. The van der Waals surface area contributed by atoms with Gasteiger partial charge >= 0.3 is 0 Å². The van der Waals surface area contributed by atoms with Crippen LogP contribution in [0.5, 0.6) is 0 Å². The number of aromatic nitrogens is 3. The smallest absolute Gasteiger partial charge is 0.259 e. The molecule has 0 atom stereocenters. The highest BCUT2D eigenvalue weighted by Crippen LogP contribution is 2.30. The Bertz CT molecular complexity index is 1190. The number of piperazine rings is 1. The minimum Gasteiger partial charge on any atom is -0.336 e. The number of carbonyl (C=O) groups is 1. The molecule has 0 aliphatic carbocycles. The van der Waals surface area contributed by atoms with Gasteiger partial charge in [0.15, 0.2) is 5.65 Å². The molecule has 0 bridgehead atoms. The molecule has 2 aromatic carbocycles. The lowest BCUT2D eigenvalue weighted by molar-refractivity contribution is 0.0599. The third-order valence-corrected chi connectivity index (χ3v) is 5.85. The van der Waals surface area contributed by atoms with E-state index in [-0.39, 0.29) is 23.6 Å². The molecule has 0 N–H and O–H groups in total. The molecule has 32 heavy (non-hydrogen) atoms. The third-order valence-electron chi connectivity index (χ3n) is 5.85. The summed E-state index contributed by atoms with van der Waals surface area (Å²) >= 11 is 0. The van der Waals surface area contributed by atoms with E-state index in [1.54, 1.807) is 58.3 Å². The monoisotopic (exact) mass is 433 g/mol. The zero-order chi connectivity index (χ0) is 22.1. The lowest BCUT2D eigenvalue weighted by atomic mass is 9.96. The van der Waals surface area contributed by atoms with Crippen LogP contribution in [0.15, 0.2) is 73.2 Å². The van der Waals surface area contributed by atoms with Crippen molar-refractivity contribution >= 4 is 11.6 Å². The standard InChI is InChI=1S/C24H21F2N5O/c25-19-6-2-17(3-7-19)22(18-4-8-20(26)9-5-18)29-12-14-30(15-13-29)24(32)21-16-28-31-11-1-10-27-23(21)31/h1-11,16,22H,12-15H2. The van der Waals surface area contributed by atoms with Crippen LogP contribution in [-0.4, -0.2) is 56.5 Å². The molecule has 0 spiro atoms. The Kier molecular flexibility index (Phi) is 5.36. The average molecular weight is 433 g/mol. The van der Waals surface area contributed by atoms with E-state index in [0.717, 1.165) is 11.1 Å². The van der Waals surface area contributed by atoms with Crippen LogP contribution in [0.1, 0.15) is 27.5 Å². The first-order valence-electron chi connectivity index (χ1n) is 10.4. The van der Waals surface area contributed by atoms with E-state index in [0.29, 0.717) is 37.4 Å². The Balaban J connectivity index is 1.37. The van der Waals surface area contributed by atoms with E-state index in [1.165, 1.54) is 24.3 Å². The van der Waals surface area contributed by atoms with Gasteiger partial charge in [-0.2, -0.15) is 5.10 Å². The minimum atomic E-state index is -0.302. The molecule has 4 aromatic rings. The van der Waals surface area contributed by atoms with Crippen LogP contribution in [0.25, 0.3) is 5.65 Å². The lowest BCUT2D eigenvalue weighted by Crippen LogP contribution is -2.49. The molecule has 6 nitrogen and oxygen atoms in total. The molecule has 5 rings (SSSR count). The maximum atomic E-state index is 13.5. The van der Waals surface area contributed by atoms with Crippen LogP contribution in [-0.2, 0) is 0 Å². The summed E-state index contributed by atoms with van der Waals surface area (Å²) in [6, 6.07) is 14.4. The largest absolute Gasteiger partial charge is 0.336 e. The van der Waals surface area contributed by atoms with Gasteiger partial charge in [0.1, 0.15) is 17.2 Å². The summed E-state index contributed by atoms with van der Waals surface area (Å²) in [4.78, 5) is 21.4. The summed E-state index contributed by atoms with van der Waals surface area (Å²) in [6.07, 6.45) is 4.95. The molecule has 1 fully saturated rings. The van der Waals surface area contributed by atoms with E-state index in [4.69, 9.17) is 0 Å². The van der Waals surface area contributed by atoms with Gasteiger partial charge in [0.2, 0.25) is 0 Å². The minimum absolute atomic E-state index is 0.0986. The quantitative estimate of drug-likeness (QED) is 0.494. The lowest BCUT2D eigenvalue weighted by Gasteiger charge is -2.39. The molecule has 3 heterocycles. The Hall–Kier alpha value is -3.65. The van der Waals surface area contributed by atoms with Crippen molar-refractivity contribution in [1.82, 2.24) is 24.4 Å². The van der Waals surface area contributed by atoms with Crippen molar-refractivity contribution in [3.8, 4) is 0 Å². The molecule has 1 aliphatic heterocycles. The van der Waals surface area contributed by atoms with Crippen molar-refractivity contribution in [3.63, 3.8) is 0 Å².